The molecule has 0 aromatic heterocycles. The van der Waals surface area contributed by atoms with Crippen LogP contribution in [0.3, 0.4) is 0 Å². The molecule has 1 aliphatic carbocycles. The van der Waals surface area contributed by atoms with Gasteiger partial charge in [0.05, 0.1) is 24.7 Å². The van der Waals surface area contributed by atoms with Crippen molar-refractivity contribution in [2.45, 2.75) is 57.1 Å². The smallest absolute Gasteiger partial charge is 0.318 e. The van der Waals surface area contributed by atoms with Crippen LogP contribution in [-0.4, -0.2) is 53.3 Å². The zero-order chi connectivity index (χ0) is 14.6. The first-order valence-electron chi connectivity index (χ1n) is 7.41. The third-order valence-electron chi connectivity index (χ3n) is 4.20. The van der Waals surface area contributed by atoms with Gasteiger partial charge in [-0.2, -0.15) is 0 Å². The highest BCUT2D eigenvalue weighted by Crippen LogP contribution is 2.31. The Morgan fingerprint density at radius 1 is 1.35 bits per heavy atom. The molecule has 2 fully saturated rings. The lowest BCUT2D eigenvalue weighted by Gasteiger charge is -2.40. The maximum atomic E-state index is 12.4. The van der Waals surface area contributed by atoms with Crippen molar-refractivity contribution in [3.8, 4) is 0 Å². The summed E-state index contributed by atoms with van der Waals surface area (Å²) in [4.78, 5) is 25.2. The highest BCUT2D eigenvalue weighted by molar-refractivity contribution is 5.77. The van der Waals surface area contributed by atoms with E-state index in [0.29, 0.717) is 19.7 Å². The number of carbonyl (C=O) groups is 2. The monoisotopic (exact) mass is 284 g/mol. The summed E-state index contributed by atoms with van der Waals surface area (Å²) >= 11 is 0. The quantitative estimate of drug-likeness (QED) is 0.825. The molecule has 2 rings (SSSR count). The lowest BCUT2D eigenvalue weighted by atomic mass is 9.79. The Kier molecular flexibility index (Phi) is 4.86. The standard InChI is InChI=1S/C14H24N2O4/c1-11-10-16(7-8-20-11)13(19)15-14(9-12(17)18)5-3-2-4-6-14/h11H,2-10H2,1H3,(H,15,19)(H,17,18). The number of morpholine rings is 1. The van der Waals surface area contributed by atoms with Crippen molar-refractivity contribution < 1.29 is 19.4 Å². The van der Waals surface area contributed by atoms with Crippen LogP contribution in [0.5, 0.6) is 0 Å². The van der Waals surface area contributed by atoms with Crippen LogP contribution in [0.15, 0.2) is 0 Å². The summed E-state index contributed by atoms with van der Waals surface area (Å²) < 4.78 is 5.42. The summed E-state index contributed by atoms with van der Waals surface area (Å²) in [6.07, 6.45) is 4.64. The first-order valence-corrected chi connectivity index (χ1v) is 7.41. The van der Waals surface area contributed by atoms with Gasteiger partial charge in [0.15, 0.2) is 0 Å². The fraction of sp³-hybridized carbons (Fsp3) is 0.857. The molecule has 1 unspecified atom stereocenters. The maximum absolute atomic E-state index is 12.4. The van der Waals surface area contributed by atoms with E-state index in [0.717, 1.165) is 32.1 Å². The number of urea groups is 1. The van der Waals surface area contributed by atoms with Crippen molar-refractivity contribution in [2.75, 3.05) is 19.7 Å². The van der Waals surface area contributed by atoms with Crippen molar-refractivity contribution in [1.82, 2.24) is 10.2 Å². The molecule has 0 aromatic rings. The fourth-order valence-corrected chi connectivity index (χ4v) is 3.17. The van der Waals surface area contributed by atoms with E-state index in [1.165, 1.54) is 0 Å². The highest BCUT2D eigenvalue weighted by atomic mass is 16.5. The van der Waals surface area contributed by atoms with Gasteiger partial charge in [-0.1, -0.05) is 19.3 Å². The topological polar surface area (TPSA) is 78.9 Å². The van der Waals surface area contributed by atoms with Gasteiger partial charge in [-0.3, -0.25) is 4.79 Å². The van der Waals surface area contributed by atoms with Crippen molar-refractivity contribution >= 4 is 12.0 Å². The number of hydrogen-bond acceptors (Lipinski definition) is 3. The van der Waals surface area contributed by atoms with E-state index in [1.807, 2.05) is 6.92 Å². The van der Waals surface area contributed by atoms with Gasteiger partial charge in [0.25, 0.3) is 0 Å². The highest BCUT2D eigenvalue weighted by Gasteiger charge is 2.37. The largest absolute Gasteiger partial charge is 0.481 e. The average Bonchev–Trinajstić information content (AvgIpc) is 2.38. The summed E-state index contributed by atoms with van der Waals surface area (Å²) in [5.74, 6) is -0.845. The molecule has 1 aliphatic heterocycles. The Labute approximate surface area is 119 Å². The van der Waals surface area contributed by atoms with Crippen LogP contribution in [0, 0.1) is 0 Å². The minimum Gasteiger partial charge on any atom is -0.481 e. The van der Waals surface area contributed by atoms with E-state index in [9.17, 15) is 9.59 Å². The van der Waals surface area contributed by atoms with Crippen LogP contribution in [0.4, 0.5) is 4.79 Å². The fourth-order valence-electron chi connectivity index (χ4n) is 3.17. The Morgan fingerprint density at radius 2 is 2.05 bits per heavy atom. The van der Waals surface area contributed by atoms with Gasteiger partial charge in [0.1, 0.15) is 0 Å². The van der Waals surface area contributed by atoms with E-state index in [1.54, 1.807) is 4.90 Å². The molecule has 114 valence electrons. The lowest BCUT2D eigenvalue weighted by Crippen LogP contribution is -2.57. The van der Waals surface area contributed by atoms with E-state index < -0.39 is 11.5 Å². The molecule has 0 radical (unpaired) electrons. The van der Waals surface area contributed by atoms with Gasteiger partial charge < -0.3 is 20.1 Å². The molecule has 1 saturated carbocycles. The number of amides is 2. The van der Waals surface area contributed by atoms with Crippen LogP contribution in [0.1, 0.15) is 45.4 Å². The van der Waals surface area contributed by atoms with Gasteiger partial charge in [-0.25, -0.2) is 4.79 Å². The maximum Gasteiger partial charge on any atom is 0.318 e. The molecule has 1 atom stereocenters. The van der Waals surface area contributed by atoms with Crippen LogP contribution >= 0.6 is 0 Å². The predicted molar refractivity (Wildman–Crippen MR) is 73.6 cm³/mol. The number of carboxylic acid groups (broad SMARTS) is 1. The molecular formula is C14H24N2O4. The number of ether oxygens (including phenoxy) is 1. The summed E-state index contributed by atoms with van der Waals surface area (Å²) in [5, 5.41) is 12.1. The van der Waals surface area contributed by atoms with Gasteiger partial charge in [0, 0.05) is 13.1 Å². The number of carboxylic acids is 1. The Balaban J connectivity index is 1.99. The van der Waals surface area contributed by atoms with Gasteiger partial charge in [0.2, 0.25) is 0 Å². The second-order valence-corrected chi connectivity index (χ2v) is 5.97. The van der Waals surface area contributed by atoms with Crippen LogP contribution in [-0.2, 0) is 9.53 Å². The van der Waals surface area contributed by atoms with Crippen LogP contribution in [0.25, 0.3) is 0 Å². The van der Waals surface area contributed by atoms with Crippen molar-refractivity contribution in [3.63, 3.8) is 0 Å². The molecule has 2 amide bonds. The molecule has 2 aliphatic rings. The lowest BCUT2D eigenvalue weighted by molar-refractivity contribution is -0.139. The molecule has 20 heavy (non-hydrogen) atoms. The summed E-state index contributed by atoms with van der Waals surface area (Å²) in [6, 6.07) is -0.150. The Bertz CT molecular complexity index is 366. The first kappa shape index (κ1) is 15.1. The van der Waals surface area contributed by atoms with Crippen molar-refractivity contribution in [1.29, 1.82) is 0 Å². The molecule has 0 spiro atoms. The third-order valence-corrected chi connectivity index (χ3v) is 4.20. The van der Waals surface area contributed by atoms with Crippen LogP contribution < -0.4 is 5.32 Å². The van der Waals surface area contributed by atoms with E-state index in [4.69, 9.17) is 9.84 Å². The molecular weight excluding hydrogens is 260 g/mol. The number of hydrogen-bond donors (Lipinski definition) is 2. The van der Waals surface area contributed by atoms with Gasteiger partial charge in [-0.15, -0.1) is 0 Å². The third kappa shape index (κ3) is 3.85. The van der Waals surface area contributed by atoms with Crippen molar-refractivity contribution in [2.24, 2.45) is 0 Å². The molecule has 2 N–H and O–H groups in total. The number of nitrogens with zero attached hydrogens (tertiary/aromatic N) is 1. The minimum atomic E-state index is -0.845. The number of carbonyl (C=O) groups excluding carboxylic acids is 1. The van der Waals surface area contributed by atoms with Gasteiger partial charge in [-0.05, 0) is 19.8 Å². The Hall–Kier alpha value is -1.30. The van der Waals surface area contributed by atoms with Gasteiger partial charge >= 0.3 is 12.0 Å². The Morgan fingerprint density at radius 3 is 2.65 bits per heavy atom. The normalized spacial score (nSPS) is 26.1. The molecule has 1 saturated heterocycles. The second kappa shape index (κ2) is 6.43. The SMILES string of the molecule is CC1CN(C(=O)NC2(CC(=O)O)CCCCC2)CCO1. The minimum absolute atomic E-state index is 0.0125. The molecule has 6 heteroatoms. The molecule has 0 bridgehead atoms. The predicted octanol–water partition coefficient (Wildman–Crippen LogP) is 1.59. The molecule has 0 aromatic carbocycles. The summed E-state index contributed by atoms with van der Waals surface area (Å²) in [6.45, 7) is 3.61. The van der Waals surface area contributed by atoms with Crippen LogP contribution in [0.2, 0.25) is 0 Å². The summed E-state index contributed by atoms with van der Waals surface area (Å²) in [7, 11) is 0. The zero-order valence-corrected chi connectivity index (χ0v) is 12.1. The summed E-state index contributed by atoms with van der Waals surface area (Å²) in [5.41, 5.74) is -0.567. The number of aliphatic carboxylic acids is 1. The second-order valence-electron chi connectivity index (χ2n) is 5.97. The first-order chi connectivity index (χ1) is 9.51. The molecule has 1 heterocycles. The number of nitrogens with one attached hydrogen (secondary N) is 1. The average molecular weight is 284 g/mol. The number of rotatable bonds is 3. The van der Waals surface area contributed by atoms with Crippen molar-refractivity contribution in [3.05, 3.63) is 0 Å². The van der Waals surface area contributed by atoms with E-state index in [2.05, 4.69) is 5.32 Å². The molecule has 6 nitrogen and oxygen atoms in total. The van der Waals surface area contributed by atoms with E-state index in [-0.39, 0.29) is 18.6 Å². The zero-order valence-electron chi connectivity index (χ0n) is 12.1. The van der Waals surface area contributed by atoms with E-state index >= 15 is 0 Å².